The first-order valence-electron chi connectivity index (χ1n) is 9.40. The van der Waals surface area contributed by atoms with E-state index in [2.05, 4.69) is 84.3 Å². The van der Waals surface area contributed by atoms with Crippen molar-refractivity contribution in [2.45, 2.75) is 19.9 Å². The Morgan fingerprint density at radius 2 is 1.54 bits per heavy atom. The van der Waals surface area contributed by atoms with Crippen LogP contribution in [-0.4, -0.2) is 4.57 Å². The molecule has 26 heavy (non-hydrogen) atoms. The second kappa shape index (κ2) is 4.98. The highest BCUT2D eigenvalue weighted by Gasteiger charge is 2.24. The maximum atomic E-state index is 2.49. The predicted molar refractivity (Wildman–Crippen MR) is 111 cm³/mol. The number of nitrogens with zero attached hydrogens (tertiary/aromatic N) is 1. The Hall–Kier alpha value is -3.06. The Morgan fingerprint density at radius 3 is 2.38 bits per heavy atom. The van der Waals surface area contributed by atoms with E-state index in [-0.39, 0.29) is 0 Å². The molecule has 1 heterocycles. The van der Waals surface area contributed by atoms with Crippen LogP contribution in [0.2, 0.25) is 0 Å². The van der Waals surface area contributed by atoms with Crippen LogP contribution in [0.5, 0.6) is 0 Å². The van der Waals surface area contributed by atoms with Crippen LogP contribution in [0.15, 0.2) is 72.8 Å². The summed E-state index contributed by atoms with van der Waals surface area (Å²) >= 11 is 0. The molecule has 0 spiro atoms. The maximum absolute atomic E-state index is 2.49. The van der Waals surface area contributed by atoms with Crippen LogP contribution >= 0.6 is 0 Å². The van der Waals surface area contributed by atoms with Crippen LogP contribution in [-0.2, 0) is 13.0 Å². The van der Waals surface area contributed by atoms with Crippen molar-refractivity contribution in [1.82, 2.24) is 4.57 Å². The van der Waals surface area contributed by atoms with Crippen molar-refractivity contribution < 1.29 is 0 Å². The summed E-state index contributed by atoms with van der Waals surface area (Å²) in [5, 5.41) is 5.41. The minimum atomic E-state index is 0.989. The Balaban J connectivity index is 1.80. The molecule has 6 rings (SSSR count). The summed E-state index contributed by atoms with van der Waals surface area (Å²) < 4.78 is 2.49. The third-order valence-electron chi connectivity index (χ3n) is 5.96. The Morgan fingerprint density at radius 1 is 0.769 bits per heavy atom. The number of rotatable bonds is 1. The van der Waals surface area contributed by atoms with Gasteiger partial charge < -0.3 is 4.57 Å². The van der Waals surface area contributed by atoms with Gasteiger partial charge in [-0.3, -0.25) is 0 Å². The highest BCUT2D eigenvalue weighted by molar-refractivity contribution is 6.14. The highest BCUT2D eigenvalue weighted by Crippen LogP contribution is 2.45. The van der Waals surface area contributed by atoms with Crippen LogP contribution < -0.4 is 0 Å². The van der Waals surface area contributed by atoms with Gasteiger partial charge in [0, 0.05) is 28.4 Å². The molecule has 0 bridgehead atoms. The van der Waals surface area contributed by atoms with Gasteiger partial charge in [0.15, 0.2) is 0 Å². The van der Waals surface area contributed by atoms with Crippen molar-refractivity contribution >= 4 is 32.6 Å². The van der Waals surface area contributed by atoms with E-state index in [1.54, 1.807) is 0 Å². The van der Waals surface area contributed by atoms with Crippen molar-refractivity contribution in [3.63, 3.8) is 0 Å². The van der Waals surface area contributed by atoms with E-state index in [1.165, 1.54) is 54.8 Å². The lowest BCUT2D eigenvalue weighted by molar-refractivity contribution is 0.827. The van der Waals surface area contributed by atoms with Gasteiger partial charge in [-0.05, 0) is 52.9 Å². The summed E-state index contributed by atoms with van der Waals surface area (Å²) in [6, 6.07) is 27.0. The molecular weight excluding hydrogens is 314 g/mol. The minimum Gasteiger partial charge on any atom is -0.340 e. The molecule has 124 valence electrons. The number of hydrogen-bond donors (Lipinski definition) is 0. The summed E-state index contributed by atoms with van der Waals surface area (Å²) in [5.41, 5.74) is 8.52. The van der Waals surface area contributed by atoms with Crippen LogP contribution in [0.4, 0.5) is 0 Å². The van der Waals surface area contributed by atoms with Gasteiger partial charge >= 0.3 is 0 Å². The van der Waals surface area contributed by atoms with Gasteiger partial charge in [-0.15, -0.1) is 0 Å². The second-order valence-corrected chi connectivity index (χ2v) is 7.29. The van der Waals surface area contributed by atoms with Crippen molar-refractivity contribution in [1.29, 1.82) is 0 Å². The van der Waals surface area contributed by atoms with E-state index in [0.29, 0.717) is 0 Å². The van der Waals surface area contributed by atoms with E-state index in [0.717, 1.165) is 13.0 Å². The quantitative estimate of drug-likeness (QED) is 0.322. The summed E-state index contributed by atoms with van der Waals surface area (Å²) in [6.45, 7) is 3.24. The van der Waals surface area contributed by atoms with Crippen LogP contribution in [0.25, 0.3) is 43.7 Å². The zero-order chi connectivity index (χ0) is 17.3. The van der Waals surface area contributed by atoms with Gasteiger partial charge in [-0.25, -0.2) is 0 Å². The van der Waals surface area contributed by atoms with E-state index < -0.39 is 0 Å². The zero-order valence-corrected chi connectivity index (χ0v) is 14.8. The molecule has 0 amide bonds. The third-order valence-corrected chi connectivity index (χ3v) is 5.96. The average molecular weight is 333 g/mol. The van der Waals surface area contributed by atoms with E-state index in [4.69, 9.17) is 0 Å². The van der Waals surface area contributed by atoms with Gasteiger partial charge in [0.25, 0.3) is 0 Å². The molecule has 1 aromatic heterocycles. The Kier molecular flexibility index (Phi) is 2.71. The molecule has 4 aromatic carbocycles. The molecule has 0 atom stereocenters. The fourth-order valence-electron chi connectivity index (χ4n) is 4.84. The number of fused-ring (bicyclic) bond motifs is 8. The lowest BCUT2D eigenvalue weighted by Gasteiger charge is -2.10. The first-order valence-corrected chi connectivity index (χ1v) is 9.40. The van der Waals surface area contributed by atoms with Gasteiger partial charge in [0.2, 0.25) is 0 Å². The lowest BCUT2D eigenvalue weighted by Crippen LogP contribution is -1.95. The summed E-state index contributed by atoms with van der Waals surface area (Å²) in [5.74, 6) is 0. The van der Waals surface area contributed by atoms with Gasteiger partial charge in [0.1, 0.15) is 0 Å². The van der Waals surface area contributed by atoms with Crippen molar-refractivity contribution in [3.05, 3.63) is 83.9 Å². The predicted octanol–water partition coefficient (Wildman–Crippen LogP) is 6.54. The topological polar surface area (TPSA) is 4.93 Å². The molecule has 0 N–H and O–H groups in total. The Labute approximate surface area is 152 Å². The first-order chi connectivity index (χ1) is 12.8. The molecule has 1 heteroatoms. The molecule has 0 saturated carbocycles. The van der Waals surface area contributed by atoms with Crippen molar-refractivity contribution in [3.8, 4) is 11.1 Å². The van der Waals surface area contributed by atoms with Gasteiger partial charge in [0.05, 0.1) is 5.52 Å². The molecule has 5 aromatic rings. The molecule has 0 aliphatic heterocycles. The highest BCUT2D eigenvalue weighted by atomic mass is 15.0. The standard InChI is InChI=1S/C25H19N/c1-2-26-23-10-6-5-9-20(23)21-12-11-18-14-19-13-16-7-3-4-8-17(16)15-22(19)24(18)25(21)26/h3-13,15H,2,14H2,1H3. The maximum Gasteiger partial charge on any atom is 0.0573 e. The van der Waals surface area contributed by atoms with E-state index >= 15 is 0 Å². The minimum absolute atomic E-state index is 0.989. The molecule has 1 aliphatic rings. The second-order valence-electron chi connectivity index (χ2n) is 7.29. The van der Waals surface area contributed by atoms with E-state index in [1.807, 2.05) is 0 Å². The number of para-hydroxylation sites is 1. The zero-order valence-electron chi connectivity index (χ0n) is 14.8. The first kappa shape index (κ1) is 14.1. The van der Waals surface area contributed by atoms with Crippen LogP contribution in [0.3, 0.4) is 0 Å². The normalized spacial score (nSPS) is 12.8. The van der Waals surface area contributed by atoms with Crippen molar-refractivity contribution in [2.24, 2.45) is 0 Å². The van der Waals surface area contributed by atoms with Crippen LogP contribution in [0.1, 0.15) is 18.1 Å². The smallest absolute Gasteiger partial charge is 0.0573 e. The lowest BCUT2D eigenvalue weighted by atomic mass is 9.99. The number of hydrogen-bond acceptors (Lipinski definition) is 0. The summed E-state index contributed by atoms with van der Waals surface area (Å²) in [6.07, 6.45) is 1.04. The van der Waals surface area contributed by atoms with Gasteiger partial charge in [-0.2, -0.15) is 0 Å². The summed E-state index contributed by atoms with van der Waals surface area (Å²) in [7, 11) is 0. The molecule has 1 aliphatic carbocycles. The largest absolute Gasteiger partial charge is 0.340 e. The SMILES string of the molecule is CCn1c2ccccc2c2ccc3c(c21)-c1cc2ccccc2cc1C3. The molecule has 0 unspecified atom stereocenters. The van der Waals surface area contributed by atoms with Gasteiger partial charge in [-0.1, -0.05) is 60.7 Å². The fourth-order valence-corrected chi connectivity index (χ4v) is 4.84. The van der Waals surface area contributed by atoms with Crippen molar-refractivity contribution in [2.75, 3.05) is 0 Å². The third kappa shape index (κ3) is 1.70. The molecule has 0 radical (unpaired) electrons. The molecule has 1 nitrogen and oxygen atoms in total. The average Bonchev–Trinajstić information content (AvgIpc) is 3.20. The van der Waals surface area contributed by atoms with Crippen LogP contribution in [0, 0.1) is 0 Å². The Bertz CT molecular complexity index is 1340. The molecule has 0 saturated heterocycles. The number of benzene rings is 4. The van der Waals surface area contributed by atoms with E-state index in [9.17, 15) is 0 Å². The fraction of sp³-hybridized carbons (Fsp3) is 0.120. The molecule has 0 fully saturated rings. The number of aromatic nitrogens is 1. The molecular formula is C25H19N. The summed E-state index contributed by atoms with van der Waals surface area (Å²) in [4.78, 5) is 0. The monoisotopic (exact) mass is 333 g/mol. The number of aryl methyl sites for hydroxylation is 1.